The zero-order chi connectivity index (χ0) is 23.4. The van der Waals surface area contributed by atoms with E-state index in [9.17, 15) is 13.2 Å². The van der Waals surface area contributed by atoms with Crippen molar-refractivity contribution in [1.29, 1.82) is 0 Å². The molecule has 1 unspecified atom stereocenters. The van der Waals surface area contributed by atoms with Crippen LogP contribution in [-0.2, 0) is 4.74 Å². The van der Waals surface area contributed by atoms with Crippen molar-refractivity contribution in [1.82, 2.24) is 4.90 Å². The number of hydrogen-bond acceptors (Lipinski definition) is 4. The van der Waals surface area contributed by atoms with Crippen LogP contribution in [0.2, 0.25) is 0 Å². The van der Waals surface area contributed by atoms with E-state index in [0.29, 0.717) is 24.6 Å². The highest BCUT2D eigenvalue weighted by atomic mass is 79.9. The molecule has 0 aromatic heterocycles. The van der Waals surface area contributed by atoms with Crippen LogP contribution >= 0.6 is 15.9 Å². The molecule has 4 rings (SSSR count). The monoisotopic (exact) mass is 518 g/mol. The maximum absolute atomic E-state index is 12.6. The summed E-state index contributed by atoms with van der Waals surface area (Å²) in [5, 5.41) is 0. The molecule has 0 bridgehead atoms. The molecular formula is C25H22BrF3N2O2. The molecule has 1 heterocycles. The van der Waals surface area contributed by atoms with E-state index >= 15 is 0 Å². The predicted molar refractivity (Wildman–Crippen MR) is 125 cm³/mol. The Morgan fingerprint density at radius 3 is 2.39 bits per heavy atom. The van der Waals surface area contributed by atoms with E-state index < -0.39 is 6.36 Å². The first kappa shape index (κ1) is 23.3. The number of rotatable bonds is 7. The van der Waals surface area contributed by atoms with E-state index in [1.165, 1.54) is 12.1 Å². The van der Waals surface area contributed by atoms with E-state index in [4.69, 9.17) is 9.73 Å². The molecule has 8 heteroatoms. The lowest BCUT2D eigenvalue weighted by molar-refractivity contribution is -0.274. The summed E-state index contributed by atoms with van der Waals surface area (Å²) in [7, 11) is 1.66. The zero-order valence-electron chi connectivity index (χ0n) is 17.8. The molecule has 3 aromatic rings. The molecule has 0 aliphatic carbocycles. The Morgan fingerprint density at radius 2 is 1.73 bits per heavy atom. The van der Waals surface area contributed by atoms with Crippen LogP contribution in [0.4, 0.5) is 18.9 Å². The summed E-state index contributed by atoms with van der Waals surface area (Å²) in [5.41, 5.74) is 3.67. The van der Waals surface area contributed by atoms with Crippen LogP contribution in [0.15, 0.2) is 82.3 Å². The molecule has 0 N–H and O–H groups in total. The van der Waals surface area contributed by atoms with Crippen molar-refractivity contribution in [3.05, 3.63) is 94.0 Å². The van der Waals surface area contributed by atoms with Gasteiger partial charge in [0, 0.05) is 35.9 Å². The maximum atomic E-state index is 12.6. The Bertz CT molecular complexity index is 1120. The van der Waals surface area contributed by atoms with Crippen molar-refractivity contribution < 1.29 is 22.6 Å². The fraction of sp³-hybridized carbons (Fsp3) is 0.240. The highest BCUT2D eigenvalue weighted by Crippen LogP contribution is 2.41. The smallest absolute Gasteiger partial charge is 0.406 e. The number of amidine groups is 1. The molecule has 1 atom stereocenters. The number of halogens is 4. The molecule has 0 fully saturated rings. The summed E-state index contributed by atoms with van der Waals surface area (Å²) in [6.07, 6.45) is -3.97. The van der Waals surface area contributed by atoms with Crippen molar-refractivity contribution in [2.75, 3.05) is 20.3 Å². The second-order valence-electron chi connectivity index (χ2n) is 7.56. The van der Waals surface area contributed by atoms with Gasteiger partial charge in [-0.1, -0.05) is 46.3 Å². The van der Waals surface area contributed by atoms with Crippen molar-refractivity contribution in [2.45, 2.75) is 18.8 Å². The second-order valence-corrected chi connectivity index (χ2v) is 8.48. The molecule has 0 amide bonds. The lowest BCUT2D eigenvalue weighted by Crippen LogP contribution is -2.39. The molecular weight excluding hydrogens is 497 g/mol. The fourth-order valence-electron chi connectivity index (χ4n) is 3.96. The molecule has 1 aliphatic heterocycles. The van der Waals surface area contributed by atoms with Crippen LogP contribution in [-0.4, -0.2) is 37.4 Å². The molecule has 0 radical (unpaired) electrons. The number of hydrogen-bond donors (Lipinski definition) is 0. The SMILES string of the molecule is COCCCN1C(c2ccc(OC(F)(F)F)cc2)=Nc2ccc(Br)cc2C1c1ccccc1. The van der Waals surface area contributed by atoms with Crippen molar-refractivity contribution in [3.8, 4) is 5.75 Å². The van der Waals surface area contributed by atoms with Gasteiger partial charge in [0.2, 0.25) is 0 Å². The van der Waals surface area contributed by atoms with E-state index in [2.05, 4.69) is 43.8 Å². The Labute approximate surface area is 198 Å². The molecule has 0 saturated heterocycles. The number of benzene rings is 3. The Hall–Kier alpha value is -2.84. The van der Waals surface area contributed by atoms with E-state index in [-0.39, 0.29) is 11.8 Å². The first-order valence-electron chi connectivity index (χ1n) is 10.4. The minimum Gasteiger partial charge on any atom is -0.406 e. The number of fused-ring (bicyclic) bond motifs is 1. The van der Waals surface area contributed by atoms with Gasteiger partial charge in [-0.3, -0.25) is 0 Å². The third-order valence-electron chi connectivity index (χ3n) is 5.30. The Balaban J connectivity index is 1.80. The summed E-state index contributed by atoms with van der Waals surface area (Å²) in [6.45, 7) is 1.23. The third kappa shape index (κ3) is 5.57. The van der Waals surface area contributed by atoms with Crippen LogP contribution in [0.1, 0.15) is 29.2 Å². The first-order valence-corrected chi connectivity index (χ1v) is 11.2. The maximum Gasteiger partial charge on any atom is 0.573 e. The summed E-state index contributed by atoms with van der Waals surface area (Å²) in [6, 6.07) is 21.8. The topological polar surface area (TPSA) is 34.1 Å². The summed E-state index contributed by atoms with van der Waals surface area (Å²) in [4.78, 5) is 7.10. The lowest BCUT2D eigenvalue weighted by atomic mass is 9.92. The van der Waals surface area contributed by atoms with Gasteiger partial charge in [-0.25, -0.2) is 4.99 Å². The third-order valence-corrected chi connectivity index (χ3v) is 5.80. The molecule has 4 nitrogen and oxygen atoms in total. The normalized spacial score (nSPS) is 15.7. The quantitative estimate of drug-likeness (QED) is 0.320. The molecule has 3 aromatic carbocycles. The van der Waals surface area contributed by atoms with E-state index in [1.807, 2.05) is 30.3 Å². The van der Waals surface area contributed by atoms with Crippen molar-refractivity contribution >= 4 is 27.5 Å². The average molecular weight is 519 g/mol. The van der Waals surface area contributed by atoms with Crippen molar-refractivity contribution in [2.24, 2.45) is 4.99 Å². The number of methoxy groups -OCH3 is 1. The van der Waals surface area contributed by atoms with E-state index in [1.54, 1.807) is 19.2 Å². The van der Waals surface area contributed by atoms with Gasteiger partial charge < -0.3 is 14.4 Å². The minimum atomic E-state index is -4.74. The van der Waals surface area contributed by atoms with Crippen LogP contribution < -0.4 is 4.74 Å². The molecule has 33 heavy (non-hydrogen) atoms. The summed E-state index contributed by atoms with van der Waals surface area (Å²) >= 11 is 3.57. The highest BCUT2D eigenvalue weighted by Gasteiger charge is 2.33. The Kier molecular flexibility index (Phi) is 7.05. The number of alkyl halides is 3. The highest BCUT2D eigenvalue weighted by molar-refractivity contribution is 9.10. The number of ether oxygens (including phenoxy) is 2. The van der Waals surface area contributed by atoms with Crippen LogP contribution in [0.5, 0.6) is 5.75 Å². The van der Waals surface area contributed by atoms with E-state index in [0.717, 1.165) is 27.7 Å². The predicted octanol–water partition coefficient (Wildman–Crippen LogP) is 6.87. The second kappa shape index (κ2) is 9.97. The number of aliphatic imine (C=N–C) groups is 1. The van der Waals surface area contributed by atoms with Crippen LogP contribution in [0.3, 0.4) is 0 Å². The average Bonchev–Trinajstić information content (AvgIpc) is 2.79. The number of nitrogens with zero attached hydrogens (tertiary/aromatic N) is 2. The summed E-state index contributed by atoms with van der Waals surface area (Å²) < 4.78 is 48.0. The Morgan fingerprint density at radius 1 is 1.00 bits per heavy atom. The van der Waals surface area contributed by atoms with Crippen LogP contribution in [0.25, 0.3) is 0 Å². The van der Waals surface area contributed by atoms with Gasteiger partial charge in [0.15, 0.2) is 0 Å². The molecule has 0 saturated carbocycles. The van der Waals surface area contributed by atoms with Crippen LogP contribution in [0, 0.1) is 0 Å². The van der Waals surface area contributed by atoms with Gasteiger partial charge in [0.25, 0.3) is 0 Å². The first-order chi connectivity index (χ1) is 15.9. The summed E-state index contributed by atoms with van der Waals surface area (Å²) in [5.74, 6) is 0.422. The lowest BCUT2D eigenvalue weighted by Gasteiger charge is -2.39. The van der Waals surface area contributed by atoms with Crippen molar-refractivity contribution in [3.63, 3.8) is 0 Å². The minimum absolute atomic E-state index is 0.117. The molecule has 1 aliphatic rings. The van der Waals surface area contributed by atoms with Gasteiger partial charge in [-0.05, 0) is 54.4 Å². The fourth-order valence-corrected chi connectivity index (χ4v) is 4.34. The largest absolute Gasteiger partial charge is 0.573 e. The molecule has 172 valence electrons. The van der Waals surface area contributed by atoms with Gasteiger partial charge in [0.1, 0.15) is 11.6 Å². The van der Waals surface area contributed by atoms with Gasteiger partial charge in [-0.2, -0.15) is 0 Å². The molecule has 0 spiro atoms. The standard InChI is InChI=1S/C25H22BrF3N2O2/c1-32-15-5-14-31-23(17-6-3-2-4-7-17)21-16-19(26)10-13-22(21)30-24(31)18-8-11-20(12-9-18)33-25(27,28)29/h2-4,6-13,16,23H,5,14-15H2,1H3. The van der Waals surface area contributed by atoms with Gasteiger partial charge in [-0.15, -0.1) is 13.2 Å². The van der Waals surface area contributed by atoms with Gasteiger partial charge >= 0.3 is 6.36 Å². The zero-order valence-corrected chi connectivity index (χ0v) is 19.4. The van der Waals surface area contributed by atoms with Gasteiger partial charge in [0.05, 0.1) is 11.7 Å².